The van der Waals surface area contributed by atoms with E-state index in [1.807, 2.05) is 0 Å². The van der Waals surface area contributed by atoms with Gasteiger partial charge in [0.15, 0.2) is 0 Å². The third-order valence-corrected chi connectivity index (χ3v) is 9.51. The number of para-hydroxylation sites is 1. The third-order valence-electron chi connectivity index (χ3n) is 9.51. The summed E-state index contributed by atoms with van der Waals surface area (Å²) in [6.45, 7) is 0. The van der Waals surface area contributed by atoms with Gasteiger partial charge in [0.25, 0.3) is 0 Å². The number of benzene rings is 8. The Morgan fingerprint density at radius 2 is 0.818 bits per heavy atom. The van der Waals surface area contributed by atoms with E-state index in [2.05, 4.69) is 156 Å². The quantitative estimate of drug-likeness (QED) is 0.198. The molecule has 0 atom stereocenters. The second kappa shape index (κ2) is 8.82. The molecule has 2 heterocycles. The van der Waals surface area contributed by atoms with Crippen molar-refractivity contribution in [3.63, 3.8) is 0 Å². The monoisotopic (exact) mass is 558 g/mol. The lowest BCUT2D eigenvalue weighted by molar-refractivity contribution is 1.55. The van der Waals surface area contributed by atoms with Crippen molar-refractivity contribution in [2.75, 3.05) is 0 Å². The number of rotatable bonds is 2. The van der Waals surface area contributed by atoms with Crippen LogP contribution in [0.2, 0.25) is 0 Å². The molecule has 0 saturated carbocycles. The lowest BCUT2D eigenvalue weighted by atomic mass is 9.85. The molecule has 204 valence electrons. The highest BCUT2D eigenvalue weighted by Gasteiger charge is 2.18. The molecule has 2 nitrogen and oxygen atoms in total. The smallest absolute Gasteiger partial charge is 0.0544 e. The van der Waals surface area contributed by atoms with E-state index in [1.165, 1.54) is 92.7 Å². The van der Waals surface area contributed by atoms with Gasteiger partial charge in [-0.15, -0.1) is 0 Å². The molecule has 0 aliphatic carbocycles. The van der Waals surface area contributed by atoms with Crippen LogP contribution in [0.25, 0.3) is 98.2 Å². The predicted molar refractivity (Wildman–Crippen MR) is 189 cm³/mol. The van der Waals surface area contributed by atoms with Gasteiger partial charge in [-0.25, -0.2) is 0 Å². The summed E-state index contributed by atoms with van der Waals surface area (Å²) >= 11 is 0. The second-order valence-electron chi connectivity index (χ2n) is 11.9. The van der Waals surface area contributed by atoms with Crippen LogP contribution in [0.1, 0.15) is 0 Å². The topological polar surface area (TPSA) is 31.6 Å². The van der Waals surface area contributed by atoms with Crippen LogP contribution in [0.15, 0.2) is 146 Å². The van der Waals surface area contributed by atoms with Gasteiger partial charge in [-0.3, -0.25) is 0 Å². The van der Waals surface area contributed by atoms with Gasteiger partial charge in [0.05, 0.1) is 5.52 Å². The molecule has 10 rings (SSSR count). The van der Waals surface area contributed by atoms with Crippen LogP contribution in [-0.2, 0) is 0 Å². The lowest BCUT2D eigenvalue weighted by Crippen LogP contribution is -1.91. The van der Waals surface area contributed by atoms with Crippen molar-refractivity contribution < 1.29 is 0 Å². The number of aromatic amines is 2. The number of nitrogens with one attached hydrogen (secondary N) is 2. The molecule has 0 aliphatic heterocycles. The van der Waals surface area contributed by atoms with Gasteiger partial charge in [0.2, 0.25) is 0 Å². The van der Waals surface area contributed by atoms with E-state index in [1.54, 1.807) is 0 Å². The van der Waals surface area contributed by atoms with Crippen molar-refractivity contribution in [3.05, 3.63) is 146 Å². The summed E-state index contributed by atoms with van der Waals surface area (Å²) in [5, 5.41) is 12.6. The summed E-state index contributed by atoms with van der Waals surface area (Å²) in [5.41, 5.74) is 9.72. The van der Waals surface area contributed by atoms with Crippen molar-refractivity contribution in [3.8, 4) is 22.3 Å². The Labute approximate surface area is 253 Å². The van der Waals surface area contributed by atoms with Crippen LogP contribution in [0.4, 0.5) is 0 Å². The van der Waals surface area contributed by atoms with E-state index < -0.39 is 0 Å². The van der Waals surface area contributed by atoms with Crippen LogP contribution in [0, 0.1) is 0 Å². The van der Waals surface area contributed by atoms with E-state index >= 15 is 0 Å². The fourth-order valence-corrected chi connectivity index (χ4v) is 7.56. The van der Waals surface area contributed by atoms with Crippen molar-refractivity contribution in [1.82, 2.24) is 9.97 Å². The standard InChI is InChI=1S/C42H26N2/c1-2-10-28-25(9-1)17-21-35-30-20-18-27(24-39(30)44-42(28)35)41-33-14-5-3-12-31(33)40(32-13-4-6-15-34(32)41)26-19-22-38-36(23-26)29-11-7-8-16-37(29)43-38/h1-24,43-44H. The third kappa shape index (κ3) is 3.25. The Hall–Kier alpha value is -5.86. The molecule has 2 heteroatoms. The lowest BCUT2D eigenvalue weighted by Gasteiger charge is -2.18. The highest BCUT2D eigenvalue weighted by molar-refractivity contribution is 6.23. The Bertz CT molecular complexity index is 2720. The molecule has 0 saturated heterocycles. The average Bonchev–Trinajstić information content (AvgIpc) is 3.65. The predicted octanol–water partition coefficient (Wildman–Crippen LogP) is 11.7. The maximum atomic E-state index is 3.79. The minimum Gasteiger partial charge on any atom is -0.355 e. The molecule has 0 aliphatic rings. The molecule has 0 unspecified atom stereocenters. The maximum absolute atomic E-state index is 3.79. The molecule has 8 aromatic carbocycles. The molecule has 2 N–H and O–H groups in total. The summed E-state index contributed by atoms with van der Waals surface area (Å²) in [5.74, 6) is 0. The Morgan fingerprint density at radius 3 is 1.55 bits per heavy atom. The second-order valence-corrected chi connectivity index (χ2v) is 11.9. The molecule has 0 bridgehead atoms. The molecule has 44 heavy (non-hydrogen) atoms. The molecular weight excluding hydrogens is 532 g/mol. The Kier molecular flexibility index (Phi) is 4.75. The normalized spacial score (nSPS) is 12.1. The van der Waals surface area contributed by atoms with Gasteiger partial charge in [0.1, 0.15) is 0 Å². The minimum atomic E-state index is 1.16. The van der Waals surface area contributed by atoms with E-state index in [-0.39, 0.29) is 0 Å². The first-order chi connectivity index (χ1) is 21.8. The number of H-pyrrole nitrogens is 2. The van der Waals surface area contributed by atoms with Gasteiger partial charge in [0, 0.05) is 43.5 Å². The van der Waals surface area contributed by atoms with Crippen LogP contribution < -0.4 is 0 Å². The van der Waals surface area contributed by atoms with Crippen molar-refractivity contribution in [2.45, 2.75) is 0 Å². The van der Waals surface area contributed by atoms with Crippen LogP contribution in [0.5, 0.6) is 0 Å². The van der Waals surface area contributed by atoms with E-state index in [0.29, 0.717) is 0 Å². The Balaban J connectivity index is 1.26. The molecule has 10 aromatic rings. The molecule has 0 amide bonds. The van der Waals surface area contributed by atoms with Crippen LogP contribution in [0.3, 0.4) is 0 Å². The first kappa shape index (κ1) is 23.7. The summed E-state index contributed by atoms with van der Waals surface area (Å²) in [6, 6.07) is 53.3. The molecule has 0 spiro atoms. The van der Waals surface area contributed by atoms with Gasteiger partial charge >= 0.3 is 0 Å². The zero-order chi connectivity index (χ0) is 28.8. The largest absolute Gasteiger partial charge is 0.355 e. The molecular formula is C42H26N2. The van der Waals surface area contributed by atoms with Crippen molar-refractivity contribution in [1.29, 1.82) is 0 Å². The van der Waals surface area contributed by atoms with Gasteiger partial charge in [-0.2, -0.15) is 0 Å². The van der Waals surface area contributed by atoms with E-state index in [4.69, 9.17) is 0 Å². The summed E-state index contributed by atoms with van der Waals surface area (Å²) < 4.78 is 0. The number of hydrogen-bond donors (Lipinski definition) is 2. The van der Waals surface area contributed by atoms with Crippen molar-refractivity contribution >= 4 is 75.9 Å². The first-order valence-electron chi connectivity index (χ1n) is 15.2. The summed E-state index contributed by atoms with van der Waals surface area (Å²) in [4.78, 5) is 7.38. The summed E-state index contributed by atoms with van der Waals surface area (Å²) in [7, 11) is 0. The minimum absolute atomic E-state index is 1.16. The number of hydrogen-bond acceptors (Lipinski definition) is 0. The molecule has 2 aromatic heterocycles. The summed E-state index contributed by atoms with van der Waals surface area (Å²) in [6.07, 6.45) is 0. The maximum Gasteiger partial charge on any atom is 0.0544 e. The average molecular weight is 559 g/mol. The Morgan fingerprint density at radius 1 is 0.295 bits per heavy atom. The van der Waals surface area contributed by atoms with E-state index in [0.717, 1.165) is 5.52 Å². The van der Waals surface area contributed by atoms with Crippen LogP contribution in [-0.4, -0.2) is 9.97 Å². The van der Waals surface area contributed by atoms with Crippen molar-refractivity contribution in [2.24, 2.45) is 0 Å². The van der Waals surface area contributed by atoms with Gasteiger partial charge in [-0.05, 0) is 73.5 Å². The molecule has 0 radical (unpaired) electrons. The zero-order valence-corrected chi connectivity index (χ0v) is 23.9. The molecule has 0 fully saturated rings. The highest BCUT2D eigenvalue weighted by Crippen LogP contribution is 2.45. The van der Waals surface area contributed by atoms with E-state index in [9.17, 15) is 0 Å². The highest BCUT2D eigenvalue weighted by atomic mass is 14.7. The fraction of sp³-hybridized carbons (Fsp3) is 0. The zero-order valence-electron chi connectivity index (χ0n) is 23.9. The number of fused-ring (bicyclic) bond motifs is 10. The SMILES string of the molecule is c1ccc2c(c1)ccc1c3ccc(-c4c5ccccc5c(-c5ccc6[nH]c7ccccc7c6c5)c5ccccc45)cc3[nH]c21. The first-order valence-corrected chi connectivity index (χ1v) is 15.2. The van der Waals surface area contributed by atoms with Gasteiger partial charge in [-0.1, -0.05) is 121 Å². The fourth-order valence-electron chi connectivity index (χ4n) is 7.56. The van der Waals surface area contributed by atoms with Gasteiger partial charge < -0.3 is 9.97 Å². The van der Waals surface area contributed by atoms with Crippen LogP contribution >= 0.6 is 0 Å². The number of aromatic nitrogens is 2.